The van der Waals surface area contributed by atoms with E-state index in [2.05, 4.69) is 0 Å². The molecule has 0 saturated carbocycles. The minimum atomic E-state index is -3.01. The molecule has 3 nitrogen and oxygen atoms in total. The summed E-state index contributed by atoms with van der Waals surface area (Å²) < 4.78 is 28.4. The highest BCUT2D eigenvalue weighted by Gasteiger charge is 2.23. The Bertz CT molecular complexity index is 517. The van der Waals surface area contributed by atoms with Crippen molar-refractivity contribution in [2.75, 3.05) is 12.9 Å². The third-order valence-corrected chi connectivity index (χ3v) is 4.40. The molecule has 0 aromatic heterocycles. The third-order valence-electron chi connectivity index (χ3n) is 3.11. The average molecular weight is 266 g/mol. The second kappa shape index (κ2) is 5.67. The maximum atomic E-state index is 11.4. The average Bonchev–Trinajstić information content (AvgIpc) is 2.79. The Balaban J connectivity index is 1.74. The Labute approximate surface area is 108 Å². The van der Waals surface area contributed by atoms with Gasteiger partial charge in [-0.2, -0.15) is 0 Å². The summed E-state index contributed by atoms with van der Waals surface area (Å²) in [5.41, 5.74) is 1.15. The summed E-state index contributed by atoms with van der Waals surface area (Å²) in [6.45, 7) is 1.20. The van der Waals surface area contributed by atoms with Gasteiger partial charge in [-0.3, -0.25) is 0 Å². The fourth-order valence-electron chi connectivity index (χ4n) is 2.10. The van der Waals surface area contributed by atoms with Crippen molar-refractivity contribution in [1.82, 2.24) is 0 Å². The van der Waals surface area contributed by atoms with E-state index >= 15 is 0 Å². The Morgan fingerprint density at radius 2 is 2.00 bits per heavy atom. The minimum Gasteiger partial charge on any atom is -0.376 e. The van der Waals surface area contributed by atoms with E-state index in [0.29, 0.717) is 30.5 Å². The molecular formula is C14H18O3S. The van der Waals surface area contributed by atoms with Gasteiger partial charge in [0.25, 0.3) is 0 Å². The minimum absolute atomic E-state index is 0.304. The van der Waals surface area contributed by atoms with E-state index in [-0.39, 0.29) is 0 Å². The Hall–Kier alpha value is -1.13. The first-order valence-corrected chi connectivity index (χ1v) is 7.95. The van der Waals surface area contributed by atoms with E-state index in [4.69, 9.17) is 4.74 Å². The molecule has 18 heavy (non-hydrogen) atoms. The van der Waals surface area contributed by atoms with E-state index in [1.165, 1.54) is 6.26 Å². The molecular weight excluding hydrogens is 248 g/mol. The first-order valence-electron chi connectivity index (χ1n) is 6.06. The molecule has 1 aromatic carbocycles. The van der Waals surface area contributed by atoms with Gasteiger partial charge >= 0.3 is 0 Å². The van der Waals surface area contributed by atoms with Crippen LogP contribution >= 0.6 is 0 Å². The molecule has 0 spiro atoms. The van der Waals surface area contributed by atoms with Gasteiger partial charge in [-0.05, 0) is 24.3 Å². The Kier molecular flexibility index (Phi) is 4.19. The molecule has 1 aliphatic rings. The number of sulfone groups is 1. The van der Waals surface area contributed by atoms with E-state index in [1.54, 1.807) is 0 Å². The van der Waals surface area contributed by atoms with Crippen LogP contribution in [-0.2, 0) is 21.2 Å². The third kappa shape index (κ3) is 3.68. The van der Waals surface area contributed by atoms with Crippen LogP contribution in [-0.4, -0.2) is 21.3 Å². The van der Waals surface area contributed by atoms with Crippen molar-refractivity contribution >= 4 is 9.84 Å². The summed E-state index contributed by atoms with van der Waals surface area (Å²) in [6.07, 6.45) is 4.52. The molecule has 0 saturated heterocycles. The van der Waals surface area contributed by atoms with Crippen molar-refractivity contribution in [2.45, 2.75) is 19.4 Å². The van der Waals surface area contributed by atoms with Crippen LogP contribution in [0, 0.1) is 5.92 Å². The molecule has 0 heterocycles. The molecule has 1 aromatic rings. The predicted molar refractivity (Wildman–Crippen MR) is 71.7 cm³/mol. The Morgan fingerprint density at radius 1 is 1.28 bits per heavy atom. The molecule has 0 fully saturated rings. The van der Waals surface area contributed by atoms with Crippen molar-refractivity contribution in [3.63, 3.8) is 0 Å². The quantitative estimate of drug-likeness (QED) is 0.822. The monoisotopic (exact) mass is 266 g/mol. The fraction of sp³-hybridized carbons (Fsp3) is 0.429. The molecule has 0 amide bonds. The zero-order valence-electron chi connectivity index (χ0n) is 10.5. The van der Waals surface area contributed by atoms with Crippen LogP contribution in [0.1, 0.15) is 18.4 Å². The van der Waals surface area contributed by atoms with Gasteiger partial charge in [-0.1, -0.05) is 36.4 Å². The Morgan fingerprint density at radius 3 is 2.61 bits per heavy atom. The standard InChI is InChI=1S/C14H18O3S/c1-18(15,16)14-8-7-13(9-14)11-17-10-12-5-3-2-4-6-12/h2-6,8,13H,7,9-11H2,1H3/t13-/m1/s1. The number of hydrogen-bond donors (Lipinski definition) is 0. The highest BCUT2D eigenvalue weighted by atomic mass is 32.2. The van der Waals surface area contributed by atoms with Gasteiger partial charge in [0.1, 0.15) is 0 Å². The molecule has 0 radical (unpaired) electrons. The molecule has 0 aliphatic heterocycles. The molecule has 0 unspecified atom stereocenters. The zero-order valence-corrected chi connectivity index (χ0v) is 11.3. The highest BCUT2D eigenvalue weighted by Crippen LogP contribution is 2.28. The van der Waals surface area contributed by atoms with Gasteiger partial charge in [0.2, 0.25) is 0 Å². The summed E-state index contributed by atoms with van der Waals surface area (Å²) in [4.78, 5) is 0.566. The zero-order chi connectivity index (χ0) is 13.0. The predicted octanol–water partition coefficient (Wildman–Crippen LogP) is 2.54. The van der Waals surface area contributed by atoms with Crippen molar-refractivity contribution < 1.29 is 13.2 Å². The van der Waals surface area contributed by atoms with E-state index in [1.807, 2.05) is 36.4 Å². The van der Waals surface area contributed by atoms with E-state index < -0.39 is 9.84 Å². The summed E-state index contributed by atoms with van der Waals surface area (Å²) >= 11 is 0. The molecule has 1 aliphatic carbocycles. The number of hydrogen-bond acceptors (Lipinski definition) is 3. The lowest BCUT2D eigenvalue weighted by molar-refractivity contribution is 0.0904. The maximum absolute atomic E-state index is 11.4. The molecule has 98 valence electrons. The van der Waals surface area contributed by atoms with Gasteiger partial charge in [0, 0.05) is 11.2 Å². The largest absolute Gasteiger partial charge is 0.376 e. The maximum Gasteiger partial charge on any atom is 0.171 e. The van der Waals surface area contributed by atoms with Crippen molar-refractivity contribution in [1.29, 1.82) is 0 Å². The number of rotatable bonds is 5. The van der Waals surface area contributed by atoms with Gasteiger partial charge in [-0.15, -0.1) is 0 Å². The summed E-state index contributed by atoms with van der Waals surface area (Å²) in [7, 11) is -3.01. The molecule has 4 heteroatoms. The van der Waals surface area contributed by atoms with Crippen LogP contribution in [0.2, 0.25) is 0 Å². The lowest BCUT2D eigenvalue weighted by Crippen LogP contribution is -2.08. The first-order chi connectivity index (χ1) is 8.55. The summed E-state index contributed by atoms with van der Waals surface area (Å²) in [5.74, 6) is 0.304. The van der Waals surface area contributed by atoms with E-state index in [9.17, 15) is 8.42 Å². The van der Waals surface area contributed by atoms with Crippen molar-refractivity contribution in [3.8, 4) is 0 Å². The van der Waals surface area contributed by atoms with E-state index in [0.717, 1.165) is 12.0 Å². The normalized spacial score (nSPS) is 19.8. The second-order valence-corrected chi connectivity index (χ2v) is 6.82. The smallest absolute Gasteiger partial charge is 0.171 e. The molecule has 0 bridgehead atoms. The van der Waals surface area contributed by atoms with Gasteiger partial charge < -0.3 is 4.74 Å². The highest BCUT2D eigenvalue weighted by molar-refractivity contribution is 7.94. The van der Waals surface area contributed by atoms with Crippen molar-refractivity contribution in [3.05, 3.63) is 46.9 Å². The van der Waals surface area contributed by atoms with Crippen LogP contribution in [0.5, 0.6) is 0 Å². The van der Waals surface area contributed by atoms with Crippen LogP contribution < -0.4 is 0 Å². The molecule has 0 N–H and O–H groups in total. The number of allylic oxidation sites excluding steroid dienone is 2. The molecule has 2 rings (SSSR count). The lowest BCUT2D eigenvalue weighted by atomic mass is 10.1. The van der Waals surface area contributed by atoms with Crippen LogP contribution in [0.15, 0.2) is 41.3 Å². The van der Waals surface area contributed by atoms with Crippen LogP contribution in [0.3, 0.4) is 0 Å². The topological polar surface area (TPSA) is 43.4 Å². The van der Waals surface area contributed by atoms with Crippen molar-refractivity contribution in [2.24, 2.45) is 5.92 Å². The lowest BCUT2D eigenvalue weighted by Gasteiger charge is -2.10. The SMILES string of the molecule is CS(=O)(=O)C1=CC[C@@H](COCc2ccccc2)C1. The summed E-state index contributed by atoms with van der Waals surface area (Å²) in [6, 6.07) is 9.99. The fourth-order valence-corrected chi connectivity index (χ4v) is 3.03. The van der Waals surface area contributed by atoms with Gasteiger partial charge in [0.15, 0.2) is 9.84 Å². The number of benzene rings is 1. The van der Waals surface area contributed by atoms with Gasteiger partial charge in [-0.25, -0.2) is 8.42 Å². The summed E-state index contributed by atoms with van der Waals surface area (Å²) in [5, 5.41) is 0. The number of ether oxygens (including phenoxy) is 1. The van der Waals surface area contributed by atoms with Crippen LogP contribution in [0.4, 0.5) is 0 Å². The second-order valence-electron chi connectivity index (χ2n) is 4.75. The van der Waals surface area contributed by atoms with Crippen LogP contribution in [0.25, 0.3) is 0 Å². The van der Waals surface area contributed by atoms with Gasteiger partial charge in [0.05, 0.1) is 13.2 Å². The first kappa shape index (κ1) is 13.3. The molecule has 1 atom stereocenters.